The molecule has 0 radical (unpaired) electrons. The molecular weight excluding hydrogens is 405 g/mol. The summed E-state index contributed by atoms with van der Waals surface area (Å²) < 4.78 is 48.3. The van der Waals surface area contributed by atoms with Crippen LogP contribution in [0, 0.1) is 5.82 Å². The predicted molar refractivity (Wildman–Crippen MR) is 104 cm³/mol. The van der Waals surface area contributed by atoms with Crippen LogP contribution in [0.5, 0.6) is 5.75 Å². The fourth-order valence-corrected chi connectivity index (χ4v) is 4.04. The summed E-state index contributed by atoms with van der Waals surface area (Å²) in [6, 6.07) is 3.51. The number of amides is 1. The van der Waals surface area contributed by atoms with Crippen LogP contribution < -0.4 is 4.74 Å². The number of likely N-dealkylation sites (tertiary alicyclic amines) is 1. The second-order valence-corrected chi connectivity index (χ2v) is 8.73. The van der Waals surface area contributed by atoms with Gasteiger partial charge in [0.2, 0.25) is 0 Å². The fraction of sp³-hybridized carbons (Fsp3) is 0.500. The lowest BCUT2D eigenvalue weighted by molar-refractivity contribution is -0.0499. The minimum absolute atomic E-state index is 0.170. The SMILES string of the molecule is CC(C)(C)OC(=O)N1CCC(c2csc(-c3cc(F)cc(OC(F)F)c3)n2)CC1. The Balaban J connectivity index is 1.66. The molecule has 0 bridgehead atoms. The lowest BCUT2D eigenvalue weighted by Gasteiger charge is -2.32. The third-order valence-corrected chi connectivity index (χ3v) is 5.34. The van der Waals surface area contributed by atoms with Crippen LogP contribution in [0.15, 0.2) is 23.6 Å². The normalized spacial score (nSPS) is 15.6. The van der Waals surface area contributed by atoms with E-state index in [-0.39, 0.29) is 17.8 Å². The van der Waals surface area contributed by atoms with Gasteiger partial charge in [-0.05, 0) is 45.7 Å². The summed E-state index contributed by atoms with van der Waals surface area (Å²) in [5.41, 5.74) is 0.716. The molecule has 0 N–H and O–H groups in total. The van der Waals surface area contributed by atoms with E-state index >= 15 is 0 Å². The Bertz CT molecular complexity index is 859. The fourth-order valence-electron chi connectivity index (χ4n) is 3.15. The smallest absolute Gasteiger partial charge is 0.410 e. The number of hydrogen-bond acceptors (Lipinski definition) is 5. The van der Waals surface area contributed by atoms with Crippen LogP contribution in [0.4, 0.5) is 18.0 Å². The summed E-state index contributed by atoms with van der Waals surface area (Å²) in [6.07, 6.45) is 1.16. The highest BCUT2D eigenvalue weighted by Gasteiger charge is 2.28. The average Bonchev–Trinajstić information content (AvgIpc) is 3.09. The van der Waals surface area contributed by atoms with Gasteiger partial charge in [-0.25, -0.2) is 14.2 Å². The molecule has 1 aromatic heterocycles. The van der Waals surface area contributed by atoms with Crippen LogP contribution >= 0.6 is 11.3 Å². The van der Waals surface area contributed by atoms with Crippen molar-refractivity contribution >= 4 is 17.4 Å². The summed E-state index contributed by atoms with van der Waals surface area (Å²) in [5.74, 6) is -0.734. The topological polar surface area (TPSA) is 51.7 Å². The number of nitrogens with zero attached hydrogens (tertiary/aromatic N) is 2. The van der Waals surface area contributed by atoms with Gasteiger partial charge >= 0.3 is 12.7 Å². The molecule has 1 aliphatic heterocycles. The third kappa shape index (κ3) is 5.85. The summed E-state index contributed by atoms with van der Waals surface area (Å²) >= 11 is 1.32. The van der Waals surface area contributed by atoms with Crippen molar-refractivity contribution in [2.75, 3.05) is 13.1 Å². The first kappa shape index (κ1) is 21.4. The zero-order valence-corrected chi connectivity index (χ0v) is 17.3. The van der Waals surface area contributed by atoms with Gasteiger partial charge in [-0.3, -0.25) is 0 Å². The summed E-state index contributed by atoms with van der Waals surface area (Å²) in [5, 5.41) is 2.43. The van der Waals surface area contributed by atoms with Crippen LogP contribution in [-0.2, 0) is 4.74 Å². The van der Waals surface area contributed by atoms with Crippen molar-refractivity contribution in [3.05, 3.63) is 35.1 Å². The highest BCUT2D eigenvalue weighted by atomic mass is 32.1. The van der Waals surface area contributed by atoms with Crippen LogP contribution in [0.3, 0.4) is 0 Å². The minimum Gasteiger partial charge on any atom is -0.444 e. The van der Waals surface area contributed by atoms with Gasteiger partial charge in [0.05, 0.1) is 5.69 Å². The Kier molecular flexibility index (Phi) is 6.36. The highest BCUT2D eigenvalue weighted by Crippen LogP contribution is 2.34. The van der Waals surface area contributed by atoms with Gasteiger partial charge in [0.1, 0.15) is 22.2 Å². The van der Waals surface area contributed by atoms with E-state index in [9.17, 15) is 18.0 Å². The van der Waals surface area contributed by atoms with Gasteiger partial charge in [-0.2, -0.15) is 8.78 Å². The molecule has 1 aliphatic rings. The number of thiazole rings is 1. The molecule has 158 valence electrons. The maximum atomic E-state index is 13.8. The Morgan fingerprint density at radius 3 is 2.55 bits per heavy atom. The Hall–Kier alpha value is -2.29. The van der Waals surface area contributed by atoms with E-state index in [2.05, 4.69) is 9.72 Å². The first-order valence-electron chi connectivity index (χ1n) is 9.30. The summed E-state index contributed by atoms with van der Waals surface area (Å²) in [7, 11) is 0. The number of benzene rings is 1. The molecule has 0 saturated carbocycles. The van der Waals surface area contributed by atoms with Crippen molar-refractivity contribution in [3.63, 3.8) is 0 Å². The lowest BCUT2D eigenvalue weighted by atomic mass is 9.94. The summed E-state index contributed by atoms with van der Waals surface area (Å²) in [6.45, 7) is 3.61. The van der Waals surface area contributed by atoms with Gasteiger partial charge in [0.25, 0.3) is 0 Å². The monoisotopic (exact) mass is 428 g/mol. The molecule has 3 rings (SSSR count). The molecule has 0 spiro atoms. The van der Waals surface area contributed by atoms with Gasteiger partial charge in [-0.15, -0.1) is 11.3 Å². The molecule has 1 fully saturated rings. The number of halogens is 3. The van der Waals surface area contributed by atoms with E-state index in [0.29, 0.717) is 23.7 Å². The molecule has 29 heavy (non-hydrogen) atoms. The van der Waals surface area contributed by atoms with E-state index in [0.717, 1.165) is 24.6 Å². The highest BCUT2D eigenvalue weighted by molar-refractivity contribution is 7.13. The molecule has 1 aromatic carbocycles. The van der Waals surface area contributed by atoms with E-state index in [4.69, 9.17) is 4.74 Å². The number of aromatic nitrogens is 1. The van der Waals surface area contributed by atoms with Gasteiger partial charge in [-0.1, -0.05) is 0 Å². The number of rotatable bonds is 4. The number of piperidine rings is 1. The standard InChI is InChI=1S/C20H23F3N2O3S/c1-20(2,3)28-19(26)25-6-4-12(5-7-25)16-11-29-17(24-16)13-8-14(21)10-15(9-13)27-18(22)23/h8-12,18H,4-7H2,1-3H3. The summed E-state index contributed by atoms with van der Waals surface area (Å²) in [4.78, 5) is 18.4. The molecule has 0 atom stereocenters. The van der Waals surface area contributed by atoms with E-state index in [1.54, 1.807) is 4.90 Å². The second kappa shape index (κ2) is 8.61. The molecule has 5 nitrogen and oxygen atoms in total. The van der Waals surface area contributed by atoms with Crippen LogP contribution in [0.25, 0.3) is 10.6 Å². The number of hydrogen-bond donors (Lipinski definition) is 0. The first-order chi connectivity index (χ1) is 13.6. The predicted octanol–water partition coefficient (Wildman–Crippen LogP) is 5.67. The van der Waals surface area contributed by atoms with Gasteiger partial charge in [0.15, 0.2) is 0 Å². The number of alkyl halides is 2. The van der Waals surface area contributed by atoms with Crippen molar-refractivity contribution in [1.82, 2.24) is 9.88 Å². The van der Waals surface area contributed by atoms with Crippen LogP contribution in [0.2, 0.25) is 0 Å². The van der Waals surface area contributed by atoms with E-state index in [1.807, 2.05) is 26.2 Å². The quantitative estimate of drug-likeness (QED) is 0.630. The molecule has 1 saturated heterocycles. The zero-order chi connectivity index (χ0) is 21.2. The molecule has 0 unspecified atom stereocenters. The van der Waals surface area contributed by atoms with E-state index < -0.39 is 18.0 Å². The molecule has 9 heteroatoms. The van der Waals surface area contributed by atoms with Crippen LogP contribution in [-0.4, -0.2) is 41.3 Å². The van der Waals surface area contributed by atoms with Crippen LogP contribution in [0.1, 0.15) is 45.2 Å². The number of ether oxygens (including phenoxy) is 2. The van der Waals surface area contributed by atoms with Crippen molar-refractivity contribution in [2.24, 2.45) is 0 Å². The minimum atomic E-state index is -3.02. The maximum absolute atomic E-state index is 13.8. The molecule has 1 amide bonds. The number of carbonyl (C=O) groups excluding carboxylic acids is 1. The van der Waals surface area contributed by atoms with Gasteiger partial charge < -0.3 is 14.4 Å². The molecule has 2 aromatic rings. The van der Waals surface area contributed by atoms with Crippen molar-refractivity contribution in [2.45, 2.75) is 51.7 Å². The average molecular weight is 428 g/mol. The van der Waals surface area contributed by atoms with Crippen molar-refractivity contribution < 1.29 is 27.4 Å². The van der Waals surface area contributed by atoms with Gasteiger partial charge in [0, 0.05) is 36.0 Å². The van der Waals surface area contributed by atoms with Crippen molar-refractivity contribution in [3.8, 4) is 16.3 Å². The Labute approximate surface area is 171 Å². The first-order valence-corrected chi connectivity index (χ1v) is 10.2. The maximum Gasteiger partial charge on any atom is 0.410 e. The number of carbonyl (C=O) groups is 1. The van der Waals surface area contributed by atoms with Crippen molar-refractivity contribution in [1.29, 1.82) is 0 Å². The zero-order valence-electron chi connectivity index (χ0n) is 16.5. The van der Waals surface area contributed by atoms with E-state index in [1.165, 1.54) is 23.5 Å². The Morgan fingerprint density at radius 2 is 1.93 bits per heavy atom. The largest absolute Gasteiger partial charge is 0.444 e. The second-order valence-electron chi connectivity index (χ2n) is 7.87. The molecule has 0 aliphatic carbocycles. The lowest BCUT2D eigenvalue weighted by Crippen LogP contribution is -2.41. The molecular formula is C20H23F3N2O3S. The third-order valence-electron chi connectivity index (χ3n) is 4.43. The molecule has 2 heterocycles. The Morgan fingerprint density at radius 1 is 1.24 bits per heavy atom.